The van der Waals surface area contributed by atoms with E-state index in [0.717, 1.165) is 12.1 Å². The molecule has 1 saturated heterocycles. The molecule has 0 spiro atoms. The van der Waals surface area contributed by atoms with Gasteiger partial charge in [0.05, 0.1) is 49.3 Å². The lowest BCUT2D eigenvalue weighted by Gasteiger charge is -2.40. The molecule has 8 atom stereocenters. The molecule has 1 aliphatic rings. The molecule has 0 aliphatic carbocycles. The molecule has 1 aliphatic heterocycles. The molecular formula is C36H62N6O7. The van der Waals surface area contributed by atoms with Crippen LogP contribution < -0.4 is 10.6 Å². The third kappa shape index (κ3) is 11.4. The highest BCUT2D eigenvalue weighted by atomic mass is 16.5. The Morgan fingerprint density at radius 3 is 2.29 bits per heavy atom. The molecule has 278 valence electrons. The maximum absolute atomic E-state index is 14.0. The number of rotatable bonds is 20. The Hall–Kier alpha value is -3.13. The quantitative estimate of drug-likeness (QED) is 0.186. The molecule has 3 unspecified atom stereocenters. The molecule has 49 heavy (non-hydrogen) atoms. The van der Waals surface area contributed by atoms with Crippen LogP contribution in [0.2, 0.25) is 0 Å². The van der Waals surface area contributed by atoms with Gasteiger partial charge in [0.25, 0.3) is 0 Å². The topological polar surface area (TPSA) is 154 Å². The zero-order chi connectivity index (χ0) is 36.8. The van der Waals surface area contributed by atoms with Crippen molar-refractivity contribution in [2.45, 2.75) is 103 Å². The van der Waals surface area contributed by atoms with Gasteiger partial charge in [-0.3, -0.25) is 29.1 Å². The number of methoxy groups -OCH3 is 2. The number of likely N-dealkylation sites (N-methyl/N-ethyl adjacent to an activating group) is 2. The Morgan fingerprint density at radius 1 is 1.06 bits per heavy atom. The van der Waals surface area contributed by atoms with Gasteiger partial charge in [-0.25, -0.2) is 0 Å². The Bertz CT molecular complexity index is 1180. The molecule has 13 heteroatoms. The summed E-state index contributed by atoms with van der Waals surface area (Å²) >= 11 is 0. The minimum Gasteiger partial charge on any atom is -0.394 e. The van der Waals surface area contributed by atoms with Gasteiger partial charge < -0.3 is 35.0 Å². The molecule has 13 nitrogen and oxygen atoms in total. The molecule has 0 bridgehead atoms. The van der Waals surface area contributed by atoms with Gasteiger partial charge in [-0.15, -0.1) is 0 Å². The third-order valence-electron chi connectivity index (χ3n) is 9.92. The van der Waals surface area contributed by atoms with E-state index in [0.29, 0.717) is 32.4 Å². The summed E-state index contributed by atoms with van der Waals surface area (Å²) < 4.78 is 11.8. The first kappa shape index (κ1) is 42.0. The van der Waals surface area contributed by atoms with Crippen LogP contribution in [-0.4, -0.2) is 140 Å². The van der Waals surface area contributed by atoms with Crippen LogP contribution in [0.15, 0.2) is 24.4 Å². The highest BCUT2D eigenvalue weighted by Gasteiger charge is 2.42. The monoisotopic (exact) mass is 690 g/mol. The molecular weight excluding hydrogens is 628 g/mol. The van der Waals surface area contributed by atoms with Crippen LogP contribution in [0, 0.1) is 17.8 Å². The van der Waals surface area contributed by atoms with E-state index in [2.05, 4.69) is 15.6 Å². The van der Waals surface area contributed by atoms with E-state index in [4.69, 9.17) is 9.47 Å². The van der Waals surface area contributed by atoms with E-state index in [1.807, 2.05) is 52.8 Å². The van der Waals surface area contributed by atoms with Crippen molar-refractivity contribution >= 4 is 23.6 Å². The third-order valence-corrected chi connectivity index (χ3v) is 9.92. The smallest absolute Gasteiger partial charge is 0.247 e. The van der Waals surface area contributed by atoms with E-state index >= 15 is 0 Å². The molecule has 3 N–H and O–H groups in total. The van der Waals surface area contributed by atoms with Gasteiger partial charge in [0.2, 0.25) is 23.6 Å². The zero-order valence-corrected chi connectivity index (χ0v) is 31.3. The average molecular weight is 691 g/mol. The predicted octanol–water partition coefficient (Wildman–Crippen LogP) is 1.72. The summed E-state index contributed by atoms with van der Waals surface area (Å²) in [6.45, 7) is 10.1. The normalized spacial score (nSPS) is 19.1. The highest BCUT2D eigenvalue weighted by molar-refractivity contribution is 5.90. The maximum Gasteiger partial charge on any atom is 0.247 e. The largest absolute Gasteiger partial charge is 0.394 e. The van der Waals surface area contributed by atoms with Crippen molar-refractivity contribution in [2.24, 2.45) is 17.8 Å². The van der Waals surface area contributed by atoms with Crippen molar-refractivity contribution in [2.75, 3.05) is 55.1 Å². The van der Waals surface area contributed by atoms with Gasteiger partial charge in [-0.2, -0.15) is 0 Å². The maximum atomic E-state index is 14.0. The molecule has 0 aromatic carbocycles. The first-order valence-corrected chi connectivity index (χ1v) is 17.6. The summed E-state index contributed by atoms with van der Waals surface area (Å²) in [6, 6.07) is 3.23. The average Bonchev–Trinajstić information content (AvgIpc) is 3.56. The van der Waals surface area contributed by atoms with Crippen molar-refractivity contribution in [3.05, 3.63) is 30.1 Å². The second-order valence-corrected chi connectivity index (χ2v) is 13.8. The van der Waals surface area contributed by atoms with E-state index < -0.39 is 48.8 Å². The molecule has 2 rings (SSSR count). The standard InChI is InChI=1S/C36H62N6O7/c1-11-24(4)32(41(8)36(47)27(22-43)39-35(46)31(23(2)3)40(6)7)29(48-9)21-30(44)42-20-14-16-28(42)33(49-10)25(5)34(45)38-19-17-26-15-12-13-18-37-26/h12-13,15,18,23-25,27-29,31-33,43H,11,14,16-17,19-22H2,1-10H3,(H,38,45)(H,39,46)/t24-,25+,27?,28?,29+,31?,32-,33+/m0/s1. The van der Waals surface area contributed by atoms with E-state index in [-0.39, 0.29) is 42.0 Å². The summed E-state index contributed by atoms with van der Waals surface area (Å²) in [6.07, 6.45) is 3.34. The molecule has 4 amide bonds. The summed E-state index contributed by atoms with van der Waals surface area (Å²) in [5, 5.41) is 15.9. The number of amides is 4. The lowest BCUT2D eigenvalue weighted by atomic mass is 9.90. The van der Waals surface area contributed by atoms with Crippen LogP contribution in [-0.2, 0) is 35.1 Å². The molecule has 2 heterocycles. The van der Waals surface area contributed by atoms with Gasteiger partial charge in [0, 0.05) is 52.7 Å². The number of nitrogens with zero attached hydrogens (tertiary/aromatic N) is 4. The summed E-state index contributed by atoms with van der Waals surface area (Å²) in [5.41, 5.74) is 0.891. The number of hydrogen-bond acceptors (Lipinski definition) is 9. The van der Waals surface area contributed by atoms with Gasteiger partial charge in [0.1, 0.15) is 6.04 Å². The van der Waals surface area contributed by atoms with Crippen molar-refractivity contribution < 1.29 is 33.8 Å². The van der Waals surface area contributed by atoms with Crippen LogP contribution >= 0.6 is 0 Å². The van der Waals surface area contributed by atoms with Gasteiger partial charge >= 0.3 is 0 Å². The SMILES string of the molecule is CC[C@H](C)[C@@H]([C@@H](CC(=O)N1CCCC1[C@H](OC)[C@@H](C)C(=O)NCCc1ccccn1)OC)N(C)C(=O)C(CO)NC(=O)C(C(C)C)N(C)C. The minimum absolute atomic E-state index is 0.00686. The zero-order valence-electron chi connectivity index (χ0n) is 31.3. The fraction of sp³-hybridized carbons (Fsp3) is 0.750. The first-order chi connectivity index (χ1) is 23.2. The summed E-state index contributed by atoms with van der Waals surface area (Å²) in [4.78, 5) is 63.5. The van der Waals surface area contributed by atoms with Gasteiger partial charge in [-0.05, 0) is 50.9 Å². The molecule has 0 saturated carbocycles. The lowest BCUT2D eigenvalue weighted by molar-refractivity contribution is -0.148. The van der Waals surface area contributed by atoms with Gasteiger partial charge in [-0.1, -0.05) is 47.1 Å². The fourth-order valence-corrected chi connectivity index (χ4v) is 7.15. The molecule has 0 radical (unpaired) electrons. The number of carbonyl (C=O) groups is 4. The van der Waals surface area contributed by atoms with Crippen LogP contribution in [0.3, 0.4) is 0 Å². The number of nitrogens with one attached hydrogen (secondary N) is 2. The number of aromatic nitrogens is 1. The molecule has 1 aromatic heterocycles. The summed E-state index contributed by atoms with van der Waals surface area (Å²) in [7, 11) is 8.32. The lowest BCUT2D eigenvalue weighted by Crippen LogP contribution is -2.59. The molecule has 1 fully saturated rings. The van der Waals surface area contributed by atoms with Crippen LogP contribution in [0.25, 0.3) is 0 Å². The van der Waals surface area contributed by atoms with Crippen molar-refractivity contribution in [1.29, 1.82) is 0 Å². The van der Waals surface area contributed by atoms with Gasteiger partial charge in [0.15, 0.2) is 0 Å². The number of aliphatic hydroxyl groups excluding tert-OH is 1. The fourth-order valence-electron chi connectivity index (χ4n) is 7.15. The summed E-state index contributed by atoms with van der Waals surface area (Å²) in [5.74, 6) is -1.68. The highest BCUT2D eigenvalue weighted by Crippen LogP contribution is 2.29. The first-order valence-electron chi connectivity index (χ1n) is 17.6. The van der Waals surface area contributed by atoms with Crippen molar-refractivity contribution in [3.8, 4) is 0 Å². The van der Waals surface area contributed by atoms with Crippen LogP contribution in [0.5, 0.6) is 0 Å². The Labute approximate surface area is 293 Å². The second-order valence-electron chi connectivity index (χ2n) is 13.8. The Morgan fingerprint density at radius 2 is 1.76 bits per heavy atom. The van der Waals surface area contributed by atoms with Crippen LogP contribution in [0.1, 0.15) is 66.0 Å². The Balaban J connectivity index is 2.18. The number of hydrogen-bond donors (Lipinski definition) is 3. The number of aliphatic hydroxyl groups is 1. The number of carbonyl (C=O) groups excluding carboxylic acids is 4. The number of ether oxygens (including phenoxy) is 2. The van der Waals surface area contributed by atoms with Crippen LogP contribution in [0.4, 0.5) is 0 Å². The van der Waals surface area contributed by atoms with Crippen molar-refractivity contribution in [1.82, 2.24) is 30.3 Å². The van der Waals surface area contributed by atoms with E-state index in [1.165, 1.54) is 12.0 Å². The minimum atomic E-state index is -1.15. The van der Waals surface area contributed by atoms with Crippen molar-refractivity contribution in [3.63, 3.8) is 0 Å². The Kier molecular flexibility index (Phi) is 17.6. The number of likely N-dealkylation sites (tertiary alicyclic amines) is 1. The van der Waals surface area contributed by atoms with E-state index in [9.17, 15) is 24.3 Å². The molecule has 1 aromatic rings. The van der Waals surface area contributed by atoms with E-state index in [1.54, 1.807) is 44.2 Å². The predicted molar refractivity (Wildman–Crippen MR) is 188 cm³/mol. The second kappa shape index (κ2) is 20.5. The number of pyridine rings is 1.